The standard InChI is InChI=1S/C32H62NO10P/c1-3-5-7-8-9-10-11-12-13-14-15-16-17-18-19-20-22-23-30(35)33-29(32(37)38)27-43-44(39,40)42-26-28(34)25-41-31(36)24-21-6-4-2/h28-29,34H,3-27H2,1-2H3,(H,33,35)(H,37,38)(H,39,40). The molecule has 0 spiro atoms. The Kier molecular flexibility index (Phi) is 27.9. The van der Waals surface area contributed by atoms with Crippen molar-refractivity contribution >= 4 is 25.7 Å². The highest BCUT2D eigenvalue weighted by Gasteiger charge is 2.28. The highest BCUT2D eigenvalue weighted by atomic mass is 31.2. The Labute approximate surface area is 265 Å². The normalized spacial score (nSPS) is 14.1. The Bertz CT molecular complexity index is 782. The highest BCUT2D eigenvalue weighted by molar-refractivity contribution is 7.47. The summed E-state index contributed by atoms with van der Waals surface area (Å²) in [5.41, 5.74) is 0. The third-order valence-corrected chi connectivity index (χ3v) is 8.35. The lowest BCUT2D eigenvalue weighted by Gasteiger charge is -2.18. The van der Waals surface area contributed by atoms with Gasteiger partial charge in [0.2, 0.25) is 5.91 Å². The molecule has 0 aliphatic heterocycles. The lowest BCUT2D eigenvalue weighted by Crippen LogP contribution is -2.43. The van der Waals surface area contributed by atoms with Gasteiger partial charge in [0.05, 0.1) is 13.2 Å². The van der Waals surface area contributed by atoms with E-state index in [0.717, 1.165) is 32.1 Å². The zero-order valence-corrected chi connectivity index (χ0v) is 28.4. The van der Waals surface area contributed by atoms with Crippen molar-refractivity contribution in [3.05, 3.63) is 0 Å². The Balaban J connectivity index is 3.90. The van der Waals surface area contributed by atoms with Gasteiger partial charge in [0, 0.05) is 12.8 Å². The second-order valence-electron chi connectivity index (χ2n) is 11.7. The summed E-state index contributed by atoms with van der Waals surface area (Å²) < 4.78 is 26.3. The molecule has 3 atom stereocenters. The second-order valence-corrected chi connectivity index (χ2v) is 13.2. The van der Waals surface area contributed by atoms with E-state index in [0.29, 0.717) is 12.8 Å². The number of hydrogen-bond donors (Lipinski definition) is 4. The van der Waals surface area contributed by atoms with Gasteiger partial charge in [-0.25, -0.2) is 9.36 Å². The van der Waals surface area contributed by atoms with E-state index in [9.17, 15) is 34.1 Å². The number of carbonyl (C=O) groups is 3. The lowest BCUT2D eigenvalue weighted by molar-refractivity contribution is -0.147. The molecule has 0 radical (unpaired) electrons. The molecular formula is C32H62NO10P. The molecule has 0 aliphatic rings. The fourth-order valence-corrected chi connectivity index (χ4v) is 5.44. The van der Waals surface area contributed by atoms with Gasteiger partial charge >= 0.3 is 19.8 Å². The van der Waals surface area contributed by atoms with Gasteiger partial charge in [-0.3, -0.25) is 18.6 Å². The largest absolute Gasteiger partial charge is 0.480 e. The van der Waals surface area contributed by atoms with E-state index in [4.69, 9.17) is 9.26 Å². The molecule has 4 N–H and O–H groups in total. The SMILES string of the molecule is CCCCCCCCCCCCCCCCCCCC(=O)NC(COP(=O)(O)OCC(O)COC(=O)CCCCC)C(=O)O. The van der Waals surface area contributed by atoms with E-state index in [-0.39, 0.29) is 12.8 Å². The van der Waals surface area contributed by atoms with Crippen LogP contribution in [0.2, 0.25) is 0 Å². The zero-order chi connectivity index (χ0) is 32.9. The third kappa shape index (κ3) is 28.0. The molecule has 0 rings (SSSR count). The Morgan fingerprint density at radius 2 is 1.05 bits per heavy atom. The average Bonchev–Trinajstić information content (AvgIpc) is 2.98. The van der Waals surface area contributed by atoms with Crippen LogP contribution < -0.4 is 5.32 Å². The van der Waals surface area contributed by atoms with Crippen LogP contribution in [0.25, 0.3) is 0 Å². The summed E-state index contributed by atoms with van der Waals surface area (Å²) in [6.45, 7) is 2.37. The third-order valence-electron chi connectivity index (χ3n) is 7.40. The topological polar surface area (TPSA) is 169 Å². The summed E-state index contributed by atoms with van der Waals surface area (Å²) in [5.74, 6) is -2.39. The molecule has 12 heteroatoms. The van der Waals surface area contributed by atoms with Crippen LogP contribution in [-0.2, 0) is 32.7 Å². The minimum absolute atomic E-state index is 0.152. The summed E-state index contributed by atoms with van der Waals surface area (Å²) in [6, 6.07) is -1.54. The van der Waals surface area contributed by atoms with E-state index in [1.165, 1.54) is 83.5 Å². The van der Waals surface area contributed by atoms with Crippen LogP contribution in [-0.4, -0.2) is 64.9 Å². The maximum Gasteiger partial charge on any atom is 0.472 e. The number of aliphatic carboxylic acids is 1. The van der Waals surface area contributed by atoms with Crippen molar-refractivity contribution in [1.82, 2.24) is 5.32 Å². The number of rotatable bonds is 32. The number of carboxylic acids is 1. The fourth-order valence-electron chi connectivity index (χ4n) is 4.67. The van der Waals surface area contributed by atoms with Crippen molar-refractivity contribution in [2.75, 3.05) is 19.8 Å². The molecule has 1 amide bonds. The Morgan fingerprint density at radius 1 is 0.636 bits per heavy atom. The fraction of sp³-hybridized carbons (Fsp3) is 0.906. The number of phosphoric acid groups is 1. The summed E-state index contributed by atoms with van der Waals surface area (Å²) in [6.07, 6.45) is 22.4. The number of ether oxygens (including phenoxy) is 1. The molecule has 0 aromatic rings. The van der Waals surface area contributed by atoms with Crippen LogP contribution >= 0.6 is 7.82 Å². The number of unbranched alkanes of at least 4 members (excludes halogenated alkanes) is 18. The molecule has 0 aliphatic carbocycles. The molecule has 0 heterocycles. The molecule has 11 nitrogen and oxygen atoms in total. The summed E-state index contributed by atoms with van der Waals surface area (Å²) in [7, 11) is -4.72. The molecule has 0 fully saturated rings. The van der Waals surface area contributed by atoms with E-state index in [2.05, 4.69) is 16.8 Å². The smallest absolute Gasteiger partial charge is 0.472 e. The quantitative estimate of drug-likeness (QED) is 0.0331. The van der Waals surface area contributed by atoms with Gasteiger partial charge < -0.3 is 25.2 Å². The van der Waals surface area contributed by atoms with Gasteiger partial charge in [-0.1, -0.05) is 129 Å². The van der Waals surface area contributed by atoms with E-state index < -0.39 is 57.6 Å². The average molecular weight is 652 g/mol. The molecule has 0 saturated carbocycles. The van der Waals surface area contributed by atoms with Crippen LogP contribution in [0.1, 0.15) is 155 Å². The van der Waals surface area contributed by atoms with Crippen molar-refractivity contribution in [2.45, 2.75) is 167 Å². The summed E-state index contributed by atoms with van der Waals surface area (Å²) in [4.78, 5) is 45.1. The van der Waals surface area contributed by atoms with E-state index >= 15 is 0 Å². The summed E-state index contributed by atoms with van der Waals surface area (Å²) in [5, 5.41) is 21.5. The number of amides is 1. The molecule has 0 bridgehead atoms. The van der Waals surface area contributed by atoms with E-state index in [1.807, 2.05) is 6.92 Å². The first-order chi connectivity index (χ1) is 21.1. The van der Waals surface area contributed by atoms with Crippen molar-refractivity contribution in [1.29, 1.82) is 0 Å². The maximum absolute atomic E-state index is 12.2. The number of carbonyl (C=O) groups excluding carboxylic acids is 2. The predicted molar refractivity (Wildman–Crippen MR) is 171 cm³/mol. The van der Waals surface area contributed by atoms with Gasteiger partial charge in [-0.2, -0.15) is 0 Å². The molecule has 0 saturated heterocycles. The first kappa shape index (κ1) is 42.5. The van der Waals surface area contributed by atoms with Gasteiger partial charge in [0.15, 0.2) is 6.04 Å². The molecule has 0 aromatic heterocycles. The molecular weight excluding hydrogens is 589 g/mol. The Hall–Kier alpha value is -1.52. The minimum Gasteiger partial charge on any atom is -0.480 e. The van der Waals surface area contributed by atoms with Crippen molar-refractivity contribution < 1.29 is 47.8 Å². The van der Waals surface area contributed by atoms with Gasteiger partial charge in [-0.05, 0) is 12.8 Å². The number of esters is 1. The van der Waals surface area contributed by atoms with Crippen molar-refractivity contribution in [3.63, 3.8) is 0 Å². The first-order valence-electron chi connectivity index (χ1n) is 17.1. The number of aliphatic hydroxyl groups is 1. The van der Waals surface area contributed by atoms with Gasteiger partial charge in [-0.15, -0.1) is 0 Å². The molecule has 260 valence electrons. The predicted octanol–water partition coefficient (Wildman–Crippen LogP) is 7.22. The number of hydrogen-bond acceptors (Lipinski definition) is 8. The van der Waals surface area contributed by atoms with Crippen molar-refractivity contribution in [2.24, 2.45) is 0 Å². The Morgan fingerprint density at radius 3 is 1.52 bits per heavy atom. The van der Waals surface area contributed by atoms with Crippen LogP contribution in [0.5, 0.6) is 0 Å². The summed E-state index contributed by atoms with van der Waals surface area (Å²) >= 11 is 0. The lowest BCUT2D eigenvalue weighted by atomic mass is 10.0. The van der Waals surface area contributed by atoms with E-state index in [1.54, 1.807) is 0 Å². The molecule has 44 heavy (non-hydrogen) atoms. The van der Waals surface area contributed by atoms with Crippen molar-refractivity contribution in [3.8, 4) is 0 Å². The zero-order valence-electron chi connectivity index (χ0n) is 27.5. The monoisotopic (exact) mass is 651 g/mol. The number of carboxylic acid groups (broad SMARTS) is 1. The number of nitrogens with one attached hydrogen (secondary N) is 1. The highest BCUT2D eigenvalue weighted by Crippen LogP contribution is 2.43. The van der Waals surface area contributed by atoms with Crippen LogP contribution in [0.3, 0.4) is 0 Å². The molecule has 0 aromatic carbocycles. The first-order valence-corrected chi connectivity index (χ1v) is 18.6. The molecule has 3 unspecified atom stereocenters. The second kappa shape index (κ2) is 28.9. The number of phosphoric ester groups is 1. The van der Waals surface area contributed by atoms with Crippen LogP contribution in [0.15, 0.2) is 0 Å². The van der Waals surface area contributed by atoms with Crippen LogP contribution in [0.4, 0.5) is 0 Å². The van der Waals surface area contributed by atoms with Crippen LogP contribution in [0, 0.1) is 0 Å². The minimum atomic E-state index is -4.72. The van der Waals surface area contributed by atoms with Gasteiger partial charge in [0.1, 0.15) is 12.7 Å². The maximum atomic E-state index is 12.2. The van der Waals surface area contributed by atoms with Gasteiger partial charge in [0.25, 0.3) is 0 Å². The number of aliphatic hydroxyl groups excluding tert-OH is 1.